The van der Waals surface area contributed by atoms with Gasteiger partial charge in [0.1, 0.15) is 6.54 Å². The van der Waals surface area contributed by atoms with Crippen LogP contribution in [-0.2, 0) is 24.2 Å². The van der Waals surface area contributed by atoms with Gasteiger partial charge in [-0.15, -0.1) is 0 Å². The minimum Gasteiger partial charge on any atom is -0.344 e. The predicted molar refractivity (Wildman–Crippen MR) is 70.2 cm³/mol. The maximum Gasteiger partial charge on any atom is 0.242 e. The van der Waals surface area contributed by atoms with E-state index < -0.39 is 0 Å². The van der Waals surface area contributed by atoms with Crippen LogP contribution in [0, 0.1) is 0 Å². The topological polar surface area (TPSA) is 64.2 Å². The number of carbonyl (C=O) groups is 1. The Kier molecular flexibility index (Phi) is 4.36. The molecule has 0 aliphatic heterocycles. The highest BCUT2D eigenvalue weighted by molar-refractivity contribution is 5.75. The summed E-state index contributed by atoms with van der Waals surface area (Å²) in [5.74, 6) is 0.134. The lowest BCUT2D eigenvalue weighted by Gasteiger charge is -2.19. The summed E-state index contributed by atoms with van der Waals surface area (Å²) in [6.45, 7) is 1.76. The Labute approximate surface area is 108 Å². The Morgan fingerprint density at radius 2 is 2.28 bits per heavy atom. The molecule has 0 saturated heterocycles. The highest BCUT2D eigenvalue weighted by Crippen LogP contribution is 2.19. The number of rotatable bonds is 5. The number of fused-ring (bicyclic) bond motifs is 1. The maximum atomic E-state index is 12.0. The zero-order valence-corrected chi connectivity index (χ0v) is 11.1. The first-order chi connectivity index (χ1) is 8.72. The molecule has 0 radical (unpaired) electrons. The van der Waals surface area contributed by atoms with Gasteiger partial charge in [0.25, 0.3) is 0 Å². The van der Waals surface area contributed by atoms with E-state index in [4.69, 9.17) is 5.73 Å². The fourth-order valence-electron chi connectivity index (χ4n) is 2.39. The summed E-state index contributed by atoms with van der Waals surface area (Å²) in [4.78, 5) is 18.2. The lowest BCUT2D eigenvalue weighted by molar-refractivity contribution is -0.130. The monoisotopic (exact) mass is 250 g/mol. The van der Waals surface area contributed by atoms with Crippen molar-refractivity contribution in [1.29, 1.82) is 0 Å². The van der Waals surface area contributed by atoms with E-state index in [1.807, 2.05) is 17.9 Å². The molecular weight excluding hydrogens is 228 g/mol. The summed E-state index contributed by atoms with van der Waals surface area (Å²) in [6, 6.07) is 0. The van der Waals surface area contributed by atoms with Crippen molar-refractivity contribution in [3.05, 3.63) is 17.7 Å². The molecule has 5 nitrogen and oxygen atoms in total. The second kappa shape index (κ2) is 6.00. The molecule has 1 aromatic rings. The fraction of sp³-hybridized carbons (Fsp3) is 0.692. The van der Waals surface area contributed by atoms with E-state index in [2.05, 4.69) is 4.98 Å². The second-order valence-corrected chi connectivity index (χ2v) is 4.93. The van der Waals surface area contributed by atoms with E-state index in [1.54, 1.807) is 4.90 Å². The Bertz CT molecular complexity index is 413. The van der Waals surface area contributed by atoms with E-state index in [-0.39, 0.29) is 5.91 Å². The normalized spacial score (nSPS) is 14.3. The zero-order valence-electron chi connectivity index (χ0n) is 11.1. The van der Waals surface area contributed by atoms with Crippen molar-refractivity contribution >= 4 is 5.91 Å². The number of nitrogens with two attached hydrogens (primary N) is 1. The molecule has 100 valence electrons. The number of imidazole rings is 1. The predicted octanol–water partition coefficient (Wildman–Crippen LogP) is 0.569. The van der Waals surface area contributed by atoms with E-state index in [1.165, 1.54) is 24.2 Å². The minimum absolute atomic E-state index is 0.134. The molecule has 1 amide bonds. The van der Waals surface area contributed by atoms with Crippen LogP contribution in [0.1, 0.15) is 30.7 Å². The number of nitrogens with zero attached hydrogens (tertiary/aromatic N) is 3. The van der Waals surface area contributed by atoms with Gasteiger partial charge in [0.15, 0.2) is 0 Å². The summed E-state index contributed by atoms with van der Waals surface area (Å²) >= 11 is 0. The van der Waals surface area contributed by atoms with Crippen LogP contribution in [0.2, 0.25) is 0 Å². The Hall–Kier alpha value is -1.36. The van der Waals surface area contributed by atoms with Gasteiger partial charge in [-0.3, -0.25) is 4.79 Å². The molecule has 0 aromatic carbocycles. The first-order valence-corrected chi connectivity index (χ1v) is 6.69. The van der Waals surface area contributed by atoms with Crippen LogP contribution in [0.4, 0.5) is 0 Å². The molecule has 0 saturated carbocycles. The van der Waals surface area contributed by atoms with Crippen LogP contribution < -0.4 is 5.73 Å². The fourth-order valence-corrected chi connectivity index (χ4v) is 2.39. The summed E-state index contributed by atoms with van der Waals surface area (Å²) in [6.07, 6.45) is 7.19. The van der Waals surface area contributed by atoms with E-state index >= 15 is 0 Å². The summed E-state index contributed by atoms with van der Waals surface area (Å²) < 4.78 is 2.01. The molecule has 2 rings (SSSR count). The van der Waals surface area contributed by atoms with E-state index in [0.717, 1.165) is 25.8 Å². The lowest BCUT2D eigenvalue weighted by Crippen LogP contribution is -2.32. The number of amides is 1. The van der Waals surface area contributed by atoms with Crippen molar-refractivity contribution in [3.8, 4) is 0 Å². The third-order valence-corrected chi connectivity index (χ3v) is 3.54. The van der Waals surface area contributed by atoms with Gasteiger partial charge in [-0.25, -0.2) is 4.98 Å². The molecule has 1 aliphatic carbocycles. The first-order valence-electron chi connectivity index (χ1n) is 6.69. The number of aryl methyl sites for hydroxylation is 1. The third-order valence-electron chi connectivity index (χ3n) is 3.54. The molecule has 1 heterocycles. The quantitative estimate of drug-likeness (QED) is 0.831. The molecule has 0 fully saturated rings. The van der Waals surface area contributed by atoms with Crippen molar-refractivity contribution in [2.75, 3.05) is 20.1 Å². The Morgan fingerprint density at radius 3 is 3.06 bits per heavy atom. The molecule has 18 heavy (non-hydrogen) atoms. The van der Waals surface area contributed by atoms with Crippen LogP contribution in [0.3, 0.4) is 0 Å². The van der Waals surface area contributed by atoms with Crippen LogP contribution in [0.5, 0.6) is 0 Å². The molecule has 0 bridgehead atoms. The number of hydrogen-bond donors (Lipinski definition) is 1. The van der Waals surface area contributed by atoms with Crippen LogP contribution in [0.25, 0.3) is 0 Å². The van der Waals surface area contributed by atoms with Crippen LogP contribution in [-0.4, -0.2) is 40.5 Å². The third kappa shape index (κ3) is 2.90. The van der Waals surface area contributed by atoms with Crippen LogP contribution >= 0.6 is 0 Å². The van der Waals surface area contributed by atoms with Crippen LogP contribution in [0.15, 0.2) is 6.33 Å². The largest absolute Gasteiger partial charge is 0.344 e. The van der Waals surface area contributed by atoms with Crippen molar-refractivity contribution in [3.63, 3.8) is 0 Å². The Morgan fingerprint density at radius 1 is 1.50 bits per heavy atom. The van der Waals surface area contributed by atoms with Crippen molar-refractivity contribution in [2.24, 2.45) is 5.73 Å². The van der Waals surface area contributed by atoms with Gasteiger partial charge in [0, 0.05) is 19.3 Å². The highest BCUT2D eigenvalue weighted by atomic mass is 16.2. The highest BCUT2D eigenvalue weighted by Gasteiger charge is 2.17. The maximum absolute atomic E-state index is 12.0. The van der Waals surface area contributed by atoms with Gasteiger partial charge in [0.05, 0.1) is 12.0 Å². The van der Waals surface area contributed by atoms with Gasteiger partial charge in [-0.2, -0.15) is 0 Å². The Balaban J connectivity index is 1.96. The first kappa shape index (κ1) is 13.1. The number of likely N-dealkylation sites (N-methyl/N-ethyl adjacent to an activating group) is 1. The SMILES string of the molecule is CN(CCCN)C(=O)Cn1cnc2c1CCCC2. The van der Waals surface area contributed by atoms with Gasteiger partial charge >= 0.3 is 0 Å². The van der Waals surface area contributed by atoms with Crippen molar-refractivity contribution < 1.29 is 4.79 Å². The average Bonchev–Trinajstić information content (AvgIpc) is 2.79. The van der Waals surface area contributed by atoms with Gasteiger partial charge in [-0.1, -0.05) is 0 Å². The smallest absolute Gasteiger partial charge is 0.242 e. The standard InChI is InChI=1S/C13H22N4O/c1-16(8-4-7-14)13(18)9-17-10-15-11-5-2-3-6-12(11)17/h10H,2-9,14H2,1H3. The average molecular weight is 250 g/mol. The summed E-state index contributed by atoms with van der Waals surface area (Å²) in [7, 11) is 1.83. The lowest BCUT2D eigenvalue weighted by atomic mass is 10.0. The van der Waals surface area contributed by atoms with E-state index in [9.17, 15) is 4.79 Å². The molecule has 2 N–H and O–H groups in total. The van der Waals surface area contributed by atoms with Gasteiger partial charge in [0.2, 0.25) is 5.91 Å². The molecule has 0 atom stereocenters. The van der Waals surface area contributed by atoms with Gasteiger partial charge < -0.3 is 15.2 Å². The summed E-state index contributed by atoms with van der Waals surface area (Å²) in [5, 5.41) is 0. The van der Waals surface area contributed by atoms with E-state index in [0.29, 0.717) is 13.1 Å². The number of aromatic nitrogens is 2. The molecule has 0 unspecified atom stereocenters. The number of hydrogen-bond acceptors (Lipinski definition) is 3. The minimum atomic E-state index is 0.134. The second-order valence-electron chi connectivity index (χ2n) is 4.93. The molecular formula is C13H22N4O. The van der Waals surface area contributed by atoms with Crippen molar-refractivity contribution in [1.82, 2.24) is 14.5 Å². The molecule has 0 spiro atoms. The molecule has 5 heteroatoms. The molecule has 1 aromatic heterocycles. The summed E-state index contributed by atoms with van der Waals surface area (Å²) in [5.41, 5.74) is 7.88. The van der Waals surface area contributed by atoms with Crippen molar-refractivity contribution in [2.45, 2.75) is 38.6 Å². The number of carbonyl (C=O) groups excluding carboxylic acids is 1. The van der Waals surface area contributed by atoms with Gasteiger partial charge in [-0.05, 0) is 38.6 Å². The zero-order chi connectivity index (χ0) is 13.0. The molecule has 1 aliphatic rings.